The molecule has 0 fully saturated rings. The molecule has 1 atom stereocenters. The summed E-state index contributed by atoms with van der Waals surface area (Å²) in [6.07, 6.45) is 1.71. The van der Waals surface area contributed by atoms with Crippen molar-refractivity contribution in [2.45, 2.75) is 53.1 Å². The molecular weight excluding hydrogens is 1080 g/mol. The SMILES string of the molecule is C=Cc1cc(C=C)c(N)c(C)c1N.C=Cc1cc(C=C)c(N2C(=O)c3ccc(C(C)(c4ccc5c(c4)C(=O)N(C)C5=O)C(F)(F)F)cc3C2=O)c(C)c1C.Cc1c(N)c(Br)cc(Br)c1N.Cc1c(N)cccc1N. The molecule has 0 spiro atoms. The molecule has 0 saturated heterocycles. The lowest BCUT2D eigenvalue weighted by Crippen LogP contribution is -2.41. The number of alkyl halides is 3. The van der Waals surface area contributed by atoms with Crippen molar-refractivity contribution in [2.24, 2.45) is 0 Å². The molecule has 6 aromatic carbocycles. The van der Waals surface area contributed by atoms with Gasteiger partial charge in [0.05, 0.1) is 39.3 Å². The summed E-state index contributed by atoms with van der Waals surface area (Å²) in [5.74, 6) is -2.72. The summed E-state index contributed by atoms with van der Waals surface area (Å²) >= 11 is 6.64. The van der Waals surface area contributed by atoms with Crippen LogP contribution in [-0.4, -0.2) is 41.8 Å². The third-order valence-electron chi connectivity index (χ3n) is 13.5. The van der Waals surface area contributed by atoms with Gasteiger partial charge in [0.2, 0.25) is 0 Å². The molecule has 0 aromatic heterocycles. The van der Waals surface area contributed by atoms with Crippen molar-refractivity contribution in [3.05, 3.63) is 192 Å². The van der Waals surface area contributed by atoms with Crippen LogP contribution >= 0.6 is 31.9 Å². The molecule has 0 saturated carbocycles. The van der Waals surface area contributed by atoms with E-state index in [-0.39, 0.29) is 33.4 Å². The van der Waals surface area contributed by atoms with E-state index in [1.54, 1.807) is 31.2 Å². The van der Waals surface area contributed by atoms with Gasteiger partial charge in [-0.2, -0.15) is 13.2 Å². The lowest BCUT2D eigenvalue weighted by molar-refractivity contribution is -0.173. The van der Waals surface area contributed by atoms with Crippen molar-refractivity contribution in [1.82, 2.24) is 4.90 Å². The number of carbonyl (C=O) groups is 4. The van der Waals surface area contributed by atoms with E-state index in [9.17, 15) is 32.3 Å². The number of nitrogens with zero attached hydrogens (tertiary/aromatic N) is 2. The Morgan fingerprint density at radius 2 is 0.878 bits per heavy atom. The number of fused-ring (bicyclic) bond motifs is 2. The van der Waals surface area contributed by atoms with Gasteiger partial charge in [0.15, 0.2) is 0 Å². The van der Waals surface area contributed by atoms with E-state index < -0.39 is 35.2 Å². The first-order valence-electron chi connectivity index (χ1n) is 22.5. The van der Waals surface area contributed by atoms with Gasteiger partial charge in [0, 0.05) is 38.7 Å². The Hall–Kier alpha value is -7.89. The molecule has 0 aliphatic carbocycles. The number of hydrogen-bond acceptors (Lipinski definition) is 10. The first-order chi connectivity index (χ1) is 34.5. The Morgan fingerprint density at radius 1 is 0.486 bits per heavy atom. The molecule has 8 rings (SSSR count). The van der Waals surface area contributed by atoms with Gasteiger partial charge in [-0.15, -0.1) is 0 Å². The Kier molecular flexibility index (Phi) is 17.0. The number of benzene rings is 6. The van der Waals surface area contributed by atoms with Crippen LogP contribution in [0.5, 0.6) is 0 Å². The maximum atomic E-state index is 14.9. The Balaban J connectivity index is 0.000000246. The first kappa shape index (κ1) is 57.0. The number of imide groups is 2. The van der Waals surface area contributed by atoms with Crippen molar-refractivity contribution in [3.63, 3.8) is 0 Å². The number of anilines is 7. The van der Waals surface area contributed by atoms with Crippen LogP contribution in [0.4, 0.5) is 53.0 Å². The number of nitrogens with two attached hydrogens (primary N) is 6. The van der Waals surface area contributed by atoms with Crippen LogP contribution in [0.1, 0.15) is 110 Å². The van der Waals surface area contributed by atoms with Gasteiger partial charge < -0.3 is 34.4 Å². The van der Waals surface area contributed by atoms with Crippen LogP contribution < -0.4 is 39.3 Å². The highest BCUT2D eigenvalue weighted by atomic mass is 79.9. The average Bonchev–Trinajstić information content (AvgIpc) is 3.75. The monoisotopic (exact) mass is 1130 g/mol. The number of carbonyl (C=O) groups excluding carboxylic acids is 4. The summed E-state index contributed by atoms with van der Waals surface area (Å²) in [5.41, 5.74) is 42.5. The summed E-state index contributed by atoms with van der Waals surface area (Å²) in [7, 11) is 1.26. The van der Waals surface area contributed by atoms with Crippen LogP contribution in [0.3, 0.4) is 0 Å². The highest BCUT2D eigenvalue weighted by Crippen LogP contribution is 2.48. The second-order valence-electron chi connectivity index (χ2n) is 17.6. The predicted molar refractivity (Wildman–Crippen MR) is 305 cm³/mol. The molecule has 2 aliphatic heterocycles. The second-order valence-corrected chi connectivity index (χ2v) is 19.3. The number of amides is 4. The third kappa shape index (κ3) is 10.3. The standard InChI is InChI=1S/C32H25F3N2O4.C11H14N2.C7H8Br2N2.C7H10N2/c1-7-18-13-19(8-2)26(17(4)16(18)3)37-29(40)23-12-10-21(15-25(23)30(37)41)31(5,32(33,34)35)20-9-11-22-24(14-20)28(39)36(6)27(22)38;1-4-8-6-9(5-2)11(13)7(3)10(8)12;1-3-6(10)4(8)2-5(9)7(3)11;1-5-6(8)3-2-4-7(5)9/h7-15H,1-2H2,3-6H3;4-6H,1-2,12-13H2,3H3;2H,10-11H2,1H3;2-4H,8-9H2,1H3. The molecule has 12 N–H and O–H groups in total. The van der Waals surface area contributed by atoms with Gasteiger partial charge in [-0.3, -0.25) is 24.1 Å². The third-order valence-corrected chi connectivity index (χ3v) is 14.8. The van der Waals surface area contributed by atoms with E-state index >= 15 is 0 Å². The number of nitrogen functional groups attached to an aromatic ring is 6. The van der Waals surface area contributed by atoms with Crippen LogP contribution in [0.15, 0.2) is 108 Å². The molecule has 17 heteroatoms. The zero-order chi connectivity index (χ0) is 55.6. The highest BCUT2D eigenvalue weighted by Gasteiger charge is 2.55. The molecule has 2 heterocycles. The Bertz CT molecular complexity index is 3290. The number of halogens is 5. The fourth-order valence-electron chi connectivity index (χ4n) is 8.22. The highest BCUT2D eigenvalue weighted by molar-refractivity contribution is 9.11. The topological polar surface area (TPSA) is 231 Å². The molecule has 74 heavy (non-hydrogen) atoms. The van der Waals surface area contributed by atoms with Crippen LogP contribution in [0, 0.1) is 34.6 Å². The average molecular weight is 1130 g/mol. The fourth-order valence-corrected chi connectivity index (χ4v) is 9.58. The van der Waals surface area contributed by atoms with Crippen LogP contribution in [0.25, 0.3) is 24.3 Å². The second kappa shape index (κ2) is 22.1. The minimum Gasteiger partial charge on any atom is -0.398 e. The van der Waals surface area contributed by atoms with Gasteiger partial charge in [-0.25, -0.2) is 4.90 Å². The van der Waals surface area contributed by atoms with Gasteiger partial charge in [-0.05, 0) is 189 Å². The Labute approximate surface area is 445 Å². The van der Waals surface area contributed by atoms with Gasteiger partial charge >= 0.3 is 6.18 Å². The molecule has 12 nitrogen and oxygen atoms in total. The van der Waals surface area contributed by atoms with Gasteiger partial charge in [0.1, 0.15) is 5.41 Å². The molecule has 4 amide bonds. The lowest BCUT2D eigenvalue weighted by atomic mass is 9.74. The smallest absolute Gasteiger partial charge is 0.398 e. The van der Waals surface area contributed by atoms with Crippen molar-refractivity contribution in [3.8, 4) is 0 Å². The summed E-state index contributed by atoms with van der Waals surface area (Å²) in [5, 5.41) is 0. The predicted octanol–water partition coefficient (Wildman–Crippen LogP) is 12.8. The normalized spacial score (nSPS) is 13.3. The van der Waals surface area contributed by atoms with Crippen LogP contribution in [-0.2, 0) is 5.41 Å². The minimum atomic E-state index is -4.87. The van der Waals surface area contributed by atoms with E-state index in [1.807, 2.05) is 58.0 Å². The van der Waals surface area contributed by atoms with E-state index in [2.05, 4.69) is 58.2 Å². The molecule has 6 aromatic rings. The zero-order valence-electron chi connectivity index (χ0n) is 41.9. The van der Waals surface area contributed by atoms with E-state index in [0.29, 0.717) is 39.6 Å². The van der Waals surface area contributed by atoms with E-state index in [1.165, 1.54) is 31.3 Å². The molecule has 0 bridgehead atoms. The fraction of sp³-hybridized carbons (Fsp3) is 0.158. The number of hydrogen-bond donors (Lipinski definition) is 6. The van der Waals surface area contributed by atoms with Crippen LogP contribution in [0.2, 0.25) is 0 Å². The minimum absolute atomic E-state index is 0.0160. The van der Waals surface area contributed by atoms with Gasteiger partial charge in [-0.1, -0.05) is 68.8 Å². The van der Waals surface area contributed by atoms with Gasteiger partial charge in [0.25, 0.3) is 23.6 Å². The summed E-state index contributed by atoms with van der Waals surface area (Å²) < 4.78 is 46.4. The van der Waals surface area contributed by atoms with Crippen molar-refractivity contribution >= 4 is 120 Å². The van der Waals surface area contributed by atoms with E-state index in [4.69, 9.17) is 34.4 Å². The summed E-state index contributed by atoms with van der Waals surface area (Å²) in [6, 6.07) is 17.9. The molecular formula is C57H57Br2F3N8O4. The molecule has 2 aliphatic rings. The lowest BCUT2D eigenvalue weighted by Gasteiger charge is -2.33. The first-order valence-corrected chi connectivity index (χ1v) is 24.1. The Morgan fingerprint density at radius 3 is 1.31 bits per heavy atom. The summed E-state index contributed by atoms with van der Waals surface area (Å²) in [4.78, 5) is 53.9. The summed E-state index contributed by atoms with van der Waals surface area (Å²) in [6.45, 7) is 25.2. The zero-order valence-corrected chi connectivity index (χ0v) is 45.1. The molecule has 1 unspecified atom stereocenters. The van der Waals surface area contributed by atoms with E-state index in [0.717, 1.165) is 94.2 Å². The molecule has 384 valence electrons. The van der Waals surface area contributed by atoms with Crippen molar-refractivity contribution in [2.75, 3.05) is 46.3 Å². The maximum absolute atomic E-state index is 14.9. The maximum Gasteiger partial charge on any atom is 0.402 e. The quantitative estimate of drug-likeness (QED) is 0.0654. The largest absolute Gasteiger partial charge is 0.402 e. The van der Waals surface area contributed by atoms with Crippen molar-refractivity contribution in [1.29, 1.82) is 0 Å². The molecule has 0 radical (unpaired) electrons. The van der Waals surface area contributed by atoms with Crippen molar-refractivity contribution < 1.29 is 32.3 Å². The number of rotatable bonds is 7.